The molecule has 1 aliphatic rings. The molecule has 1 N–H and O–H groups in total. The lowest BCUT2D eigenvalue weighted by molar-refractivity contribution is 0.0240. The van der Waals surface area contributed by atoms with Crippen LogP contribution in [0, 0.1) is 0 Å². The molecular weight excluding hydrogens is 254 g/mol. The summed E-state index contributed by atoms with van der Waals surface area (Å²) < 4.78 is 16.4. The molecule has 0 radical (unpaired) electrons. The zero-order valence-electron chi connectivity index (χ0n) is 12.6. The highest BCUT2D eigenvalue weighted by atomic mass is 16.5. The predicted octanol–water partition coefficient (Wildman–Crippen LogP) is 2.32. The van der Waals surface area contributed by atoms with Crippen molar-refractivity contribution in [2.24, 2.45) is 0 Å². The number of ether oxygens (including phenoxy) is 3. The summed E-state index contributed by atoms with van der Waals surface area (Å²) in [6.07, 6.45) is 2.10. The van der Waals surface area contributed by atoms with Crippen molar-refractivity contribution in [1.29, 1.82) is 0 Å². The van der Waals surface area contributed by atoms with Gasteiger partial charge in [0.05, 0.1) is 19.3 Å². The molecule has 1 aromatic rings. The number of hydrogen-bond donors (Lipinski definition) is 1. The van der Waals surface area contributed by atoms with E-state index in [9.17, 15) is 0 Å². The van der Waals surface area contributed by atoms with Gasteiger partial charge in [-0.05, 0) is 36.2 Å². The van der Waals surface area contributed by atoms with E-state index in [0.717, 1.165) is 38.3 Å². The molecule has 1 aliphatic carbocycles. The van der Waals surface area contributed by atoms with Crippen LogP contribution in [-0.4, -0.2) is 40.1 Å². The lowest BCUT2D eigenvalue weighted by atomic mass is 10.1. The molecule has 0 fully saturated rings. The monoisotopic (exact) mass is 279 g/mol. The van der Waals surface area contributed by atoms with Crippen molar-refractivity contribution in [3.05, 3.63) is 29.3 Å². The Hall–Kier alpha value is -1.10. The number of rotatable bonds is 8. The van der Waals surface area contributed by atoms with E-state index in [4.69, 9.17) is 14.2 Å². The summed E-state index contributed by atoms with van der Waals surface area (Å²) in [5, 5.41) is 3.53. The fourth-order valence-corrected chi connectivity index (χ4v) is 2.76. The molecule has 0 amide bonds. The third kappa shape index (κ3) is 3.51. The van der Waals surface area contributed by atoms with E-state index in [2.05, 4.69) is 24.4 Å². The summed E-state index contributed by atoms with van der Waals surface area (Å²) in [7, 11) is 3.43. The third-order valence-corrected chi connectivity index (χ3v) is 3.73. The van der Waals surface area contributed by atoms with E-state index in [1.807, 2.05) is 6.07 Å². The Morgan fingerprint density at radius 2 is 2.10 bits per heavy atom. The van der Waals surface area contributed by atoms with Crippen molar-refractivity contribution in [1.82, 2.24) is 5.32 Å². The molecule has 0 aromatic heterocycles. The Kier molecular flexibility index (Phi) is 5.83. The summed E-state index contributed by atoms with van der Waals surface area (Å²) in [6, 6.07) is 6.56. The van der Waals surface area contributed by atoms with Crippen molar-refractivity contribution in [2.75, 3.05) is 34.0 Å². The van der Waals surface area contributed by atoms with E-state index in [1.54, 1.807) is 14.2 Å². The average Bonchev–Trinajstić information content (AvgIpc) is 2.81. The van der Waals surface area contributed by atoms with Gasteiger partial charge in [-0.2, -0.15) is 0 Å². The van der Waals surface area contributed by atoms with Crippen molar-refractivity contribution in [3.63, 3.8) is 0 Å². The van der Waals surface area contributed by atoms with Gasteiger partial charge in [0.1, 0.15) is 5.75 Å². The molecule has 2 atom stereocenters. The van der Waals surface area contributed by atoms with Crippen LogP contribution >= 0.6 is 0 Å². The molecule has 0 saturated carbocycles. The van der Waals surface area contributed by atoms with Crippen molar-refractivity contribution in [3.8, 4) is 5.75 Å². The van der Waals surface area contributed by atoms with Gasteiger partial charge in [0.2, 0.25) is 0 Å². The van der Waals surface area contributed by atoms with E-state index in [1.165, 1.54) is 11.1 Å². The number of methoxy groups -OCH3 is 2. The lowest BCUT2D eigenvalue weighted by Crippen LogP contribution is -2.31. The second kappa shape index (κ2) is 7.62. The molecule has 2 unspecified atom stereocenters. The largest absolute Gasteiger partial charge is 0.497 e. The molecule has 20 heavy (non-hydrogen) atoms. The van der Waals surface area contributed by atoms with Gasteiger partial charge in [0.25, 0.3) is 0 Å². The minimum atomic E-state index is 0.203. The van der Waals surface area contributed by atoms with Gasteiger partial charge in [-0.25, -0.2) is 0 Å². The van der Waals surface area contributed by atoms with Crippen molar-refractivity contribution in [2.45, 2.75) is 31.9 Å². The van der Waals surface area contributed by atoms with E-state index in [0.29, 0.717) is 0 Å². The Morgan fingerprint density at radius 3 is 2.80 bits per heavy atom. The molecule has 0 heterocycles. The maximum absolute atomic E-state index is 6.04. The normalized spacial score (nSPS) is 20.9. The van der Waals surface area contributed by atoms with Crippen LogP contribution in [0.4, 0.5) is 0 Å². The van der Waals surface area contributed by atoms with Gasteiger partial charge in [-0.15, -0.1) is 0 Å². The van der Waals surface area contributed by atoms with Gasteiger partial charge in [-0.3, -0.25) is 0 Å². The highest BCUT2D eigenvalue weighted by Crippen LogP contribution is 2.35. The molecule has 2 rings (SSSR count). The first-order chi connectivity index (χ1) is 9.80. The van der Waals surface area contributed by atoms with Crippen LogP contribution in [-0.2, 0) is 15.9 Å². The molecule has 0 saturated heterocycles. The Bertz CT molecular complexity index is 422. The number of likely N-dealkylation sites (N-methyl/N-ethyl adjacent to an activating group) is 1. The summed E-state index contributed by atoms with van der Waals surface area (Å²) in [6.45, 7) is 4.55. The molecule has 4 nitrogen and oxygen atoms in total. The summed E-state index contributed by atoms with van der Waals surface area (Å²) >= 11 is 0. The van der Waals surface area contributed by atoms with E-state index < -0.39 is 0 Å². The zero-order valence-corrected chi connectivity index (χ0v) is 12.6. The van der Waals surface area contributed by atoms with E-state index >= 15 is 0 Å². The smallest absolute Gasteiger partial charge is 0.119 e. The van der Waals surface area contributed by atoms with Crippen LogP contribution in [0.15, 0.2) is 18.2 Å². The first kappa shape index (κ1) is 15.3. The van der Waals surface area contributed by atoms with Crippen molar-refractivity contribution >= 4 is 0 Å². The van der Waals surface area contributed by atoms with Gasteiger partial charge in [-0.1, -0.05) is 13.0 Å². The fraction of sp³-hybridized carbons (Fsp3) is 0.625. The van der Waals surface area contributed by atoms with Crippen LogP contribution in [0.1, 0.15) is 30.5 Å². The fourth-order valence-electron chi connectivity index (χ4n) is 2.76. The standard InChI is InChI=1S/C16H25NO3/c1-4-17-16-14-11-13(19-3)7-6-12(14)10-15(16)20-9-5-8-18-2/h6-7,11,15-17H,4-5,8-10H2,1-3H3. The number of benzene rings is 1. The van der Waals surface area contributed by atoms with E-state index in [-0.39, 0.29) is 12.1 Å². The number of nitrogens with one attached hydrogen (secondary N) is 1. The van der Waals surface area contributed by atoms with Gasteiger partial charge >= 0.3 is 0 Å². The Balaban J connectivity index is 2.04. The highest BCUT2D eigenvalue weighted by molar-refractivity contribution is 5.42. The number of hydrogen-bond acceptors (Lipinski definition) is 4. The Labute approximate surface area is 121 Å². The topological polar surface area (TPSA) is 39.7 Å². The first-order valence-electron chi connectivity index (χ1n) is 7.30. The molecule has 1 aromatic carbocycles. The van der Waals surface area contributed by atoms with Crippen LogP contribution in [0.2, 0.25) is 0 Å². The highest BCUT2D eigenvalue weighted by Gasteiger charge is 2.32. The van der Waals surface area contributed by atoms with Crippen molar-refractivity contribution < 1.29 is 14.2 Å². The first-order valence-corrected chi connectivity index (χ1v) is 7.30. The summed E-state index contributed by atoms with van der Waals surface area (Å²) in [5.41, 5.74) is 2.66. The van der Waals surface area contributed by atoms with Gasteiger partial charge in [0.15, 0.2) is 0 Å². The quantitative estimate of drug-likeness (QED) is 0.741. The second-order valence-electron chi connectivity index (χ2n) is 5.06. The molecule has 4 heteroatoms. The average molecular weight is 279 g/mol. The zero-order chi connectivity index (χ0) is 14.4. The molecule has 112 valence electrons. The second-order valence-corrected chi connectivity index (χ2v) is 5.06. The van der Waals surface area contributed by atoms with Crippen LogP contribution in [0.5, 0.6) is 5.75 Å². The lowest BCUT2D eigenvalue weighted by Gasteiger charge is -2.22. The number of fused-ring (bicyclic) bond motifs is 1. The van der Waals surface area contributed by atoms with Crippen LogP contribution in [0.3, 0.4) is 0 Å². The summed E-state index contributed by atoms with van der Waals surface area (Å²) in [4.78, 5) is 0. The third-order valence-electron chi connectivity index (χ3n) is 3.73. The minimum absolute atomic E-state index is 0.203. The van der Waals surface area contributed by atoms with Crippen LogP contribution in [0.25, 0.3) is 0 Å². The van der Waals surface area contributed by atoms with Gasteiger partial charge < -0.3 is 19.5 Å². The predicted molar refractivity (Wildman–Crippen MR) is 79.3 cm³/mol. The molecule has 0 aliphatic heterocycles. The maximum Gasteiger partial charge on any atom is 0.119 e. The molecule has 0 bridgehead atoms. The SMILES string of the molecule is CCNC1c2cc(OC)ccc2CC1OCCCOC. The Morgan fingerprint density at radius 1 is 1.25 bits per heavy atom. The van der Waals surface area contributed by atoms with Crippen LogP contribution < -0.4 is 10.1 Å². The molecule has 0 spiro atoms. The minimum Gasteiger partial charge on any atom is -0.497 e. The maximum atomic E-state index is 6.04. The van der Waals surface area contributed by atoms with Gasteiger partial charge in [0, 0.05) is 26.7 Å². The summed E-state index contributed by atoms with van der Waals surface area (Å²) in [5.74, 6) is 0.909. The molecular formula is C16H25NO3.